The minimum absolute atomic E-state index is 0.635. The molecular formula is C37H21NO2. The molecule has 0 aliphatic carbocycles. The molecule has 6 aromatic carbocycles. The van der Waals surface area contributed by atoms with Gasteiger partial charge in [-0.3, -0.25) is 0 Å². The standard InChI is InChI=1S/C37H21NO2/c38-22-23-7-5-8-24(17-23)26-18-27(25-15-16-31-30-9-1-3-12-33(30)40-36(31)21-25)20-28(19-26)29-11-6-14-35-37(29)32-10-2-4-13-34(32)39-35/h1-21H. The number of hydrogen-bond donors (Lipinski definition) is 0. The molecule has 2 heterocycles. The van der Waals surface area contributed by atoms with Crippen LogP contribution in [0.15, 0.2) is 136 Å². The molecule has 0 saturated heterocycles. The Kier molecular flexibility index (Phi) is 4.89. The summed E-state index contributed by atoms with van der Waals surface area (Å²) < 4.78 is 12.4. The Morgan fingerprint density at radius 2 is 1.05 bits per heavy atom. The highest BCUT2D eigenvalue weighted by atomic mass is 16.3. The van der Waals surface area contributed by atoms with E-state index in [2.05, 4.69) is 66.7 Å². The molecule has 0 saturated carbocycles. The van der Waals surface area contributed by atoms with Gasteiger partial charge < -0.3 is 8.83 Å². The topological polar surface area (TPSA) is 50.1 Å². The number of fused-ring (bicyclic) bond motifs is 6. The van der Waals surface area contributed by atoms with Gasteiger partial charge in [-0.25, -0.2) is 0 Å². The van der Waals surface area contributed by atoms with Crippen molar-refractivity contribution < 1.29 is 8.83 Å². The predicted molar refractivity (Wildman–Crippen MR) is 162 cm³/mol. The van der Waals surface area contributed by atoms with Crippen LogP contribution >= 0.6 is 0 Å². The Labute approximate surface area is 230 Å². The van der Waals surface area contributed by atoms with Crippen molar-refractivity contribution >= 4 is 43.9 Å². The second kappa shape index (κ2) is 8.73. The van der Waals surface area contributed by atoms with Crippen molar-refractivity contribution in [2.24, 2.45) is 0 Å². The van der Waals surface area contributed by atoms with Crippen LogP contribution in [-0.2, 0) is 0 Å². The van der Waals surface area contributed by atoms with Gasteiger partial charge in [0.2, 0.25) is 0 Å². The molecule has 3 heteroatoms. The highest BCUT2D eigenvalue weighted by Crippen LogP contribution is 2.40. The van der Waals surface area contributed by atoms with Crippen LogP contribution in [0.3, 0.4) is 0 Å². The van der Waals surface area contributed by atoms with Crippen LogP contribution < -0.4 is 0 Å². The zero-order valence-electron chi connectivity index (χ0n) is 21.4. The molecule has 3 nitrogen and oxygen atoms in total. The molecule has 8 aromatic rings. The summed E-state index contributed by atoms with van der Waals surface area (Å²) in [5.74, 6) is 0. The highest BCUT2D eigenvalue weighted by Gasteiger charge is 2.15. The van der Waals surface area contributed by atoms with E-state index < -0.39 is 0 Å². The number of hydrogen-bond acceptors (Lipinski definition) is 3. The van der Waals surface area contributed by atoms with Gasteiger partial charge in [0.15, 0.2) is 0 Å². The highest BCUT2D eigenvalue weighted by molar-refractivity contribution is 6.13. The van der Waals surface area contributed by atoms with Crippen molar-refractivity contribution in [1.82, 2.24) is 0 Å². The van der Waals surface area contributed by atoms with Crippen molar-refractivity contribution in [3.05, 3.63) is 133 Å². The summed E-state index contributed by atoms with van der Waals surface area (Å²) in [5.41, 5.74) is 10.5. The van der Waals surface area contributed by atoms with Gasteiger partial charge in [0.05, 0.1) is 11.6 Å². The van der Waals surface area contributed by atoms with Crippen molar-refractivity contribution in [2.75, 3.05) is 0 Å². The van der Waals surface area contributed by atoms with Crippen molar-refractivity contribution in [3.63, 3.8) is 0 Å². The Balaban J connectivity index is 1.39. The molecule has 0 spiro atoms. The lowest BCUT2D eigenvalue weighted by atomic mass is 9.91. The van der Waals surface area contributed by atoms with Gasteiger partial charge in [0.1, 0.15) is 22.3 Å². The van der Waals surface area contributed by atoms with Crippen LogP contribution in [-0.4, -0.2) is 0 Å². The van der Waals surface area contributed by atoms with E-state index in [9.17, 15) is 5.26 Å². The lowest BCUT2D eigenvalue weighted by Crippen LogP contribution is -1.88. The van der Waals surface area contributed by atoms with Crippen molar-refractivity contribution in [3.8, 4) is 39.4 Å². The van der Waals surface area contributed by atoms with Gasteiger partial charge in [-0.15, -0.1) is 0 Å². The Hall–Kier alpha value is -5.59. The van der Waals surface area contributed by atoms with Crippen molar-refractivity contribution in [1.29, 1.82) is 5.26 Å². The summed E-state index contributed by atoms with van der Waals surface area (Å²) in [6, 6.07) is 45.6. The maximum Gasteiger partial charge on any atom is 0.136 e. The molecule has 0 aliphatic heterocycles. The van der Waals surface area contributed by atoms with E-state index in [1.54, 1.807) is 0 Å². The zero-order valence-corrected chi connectivity index (χ0v) is 21.4. The maximum absolute atomic E-state index is 9.56. The molecule has 0 unspecified atom stereocenters. The monoisotopic (exact) mass is 511 g/mol. The second-order valence-corrected chi connectivity index (χ2v) is 10.1. The third-order valence-corrected chi connectivity index (χ3v) is 7.68. The summed E-state index contributed by atoms with van der Waals surface area (Å²) in [6.07, 6.45) is 0. The third-order valence-electron chi connectivity index (χ3n) is 7.68. The van der Waals surface area contributed by atoms with E-state index in [0.717, 1.165) is 77.3 Å². The van der Waals surface area contributed by atoms with E-state index in [1.807, 2.05) is 66.7 Å². The lowest BCUT2D eigenvalue weighted by Gasteiger charge is -2.12. The minimum atomic E-state index is 0.635. The second-order valence-electron chi connectivity index (χ2n) is 10.1. The maximum atomic E-state index is 9.56. The molecular weight excluding hydrogens is 490 g/mol. The van der Waals surface area contributed by atoms with E-state index in [4.69, 9.17) is 8.83 Å². The number of nitriles is 1. The Morgan fingerprint density at radius 3 is 1.88 bits per heavy atom. The van der Waals surface area contributed by atoms with Crippen LogP contribution in [0.2, 0.25) is 0 Å². The number of para-hydroxylation sites is 2. The summed E-state index contributed by atoms with van der Waals surface area (Å²) in [6.45, 7) is 0. The average Bonchev–Trinajstić information content (AvgIpc) is 3.59. The van der Waals surface area contributed by atoms with Gasteiger partial charge in [-0.2, -0.15) is 5.26 Å². The molecule has 2 aromatic heterocycles. The van der Waals surface area contributed by atoms with Crippen LogP contribution in [0.25, 0.3) is 77.3 Å². The molecule has 186 valence electrons. The summed E-state index contributed by atoms with van der Waals surface area (Å²) >= 11 is 0. The lowest BCUT2D eigenvalue weighted by molar-refractivity contribution is 0.668. The molecule has 0 atom stereocenters. The largest absolute Gasteiger partial charge is 0.456 e. The minimum Gasteiger partial charge on any atom is -0.456 e. The number of nitrogens with zero attached hydrogens (tertiary/aromatic N) is 1. The molecule has 0 amide bonds. The first kappa shape index (κ1) is 22.4. The van der Waals surface area contributed by atoms with E-state index in [0.29, 0.717) is 5.56 Å². The van der Waals surface area contributed by atoms with Crippen LogP contribution in [0.1, 0.15) is 5.56 Å². The number of benzene rings is 6. The van der Waals surface area contributed by atoms with E-state index in [1.165, 1.54) is 0 Å². The SMILES string of the molecule is N#Cc1cccc(-c2cc(-c3ccc4c(c3)oc3ccccc34)cc(-c3cccc4oc5ccccc5c34)c2)c1. The summed E-state index contributed by atoms with van der Waals surface area (Å²) in [7, 11) is 0. The normalized spacial score (nSPS) is 11.5. The summed E-state index contributed by atoms with van der Waals surface area (Å²) in [4.78, 5) is 0. The first-order chi connectivity index (χ1) is 19.7. The van der Waals surface area contributed by atoms with Gasteiger partial charge >= 0.3 is 0 Å². The van der Waals surface area contributed by atoms with Gasteiger partial charge in [-0.1, -0.05) is 66.7 Å². The number of rotatable bonds is 3. The third kappa shape index (κ3) is 3.51. The fourth-order valence-electron chi connectivity index (χ4n) is 5.81. The van der Waals surface area contributed by atoms with Crippen molar-refractivity contribution in [2.45, 2.75) is 0 Å². The average molecular weight is 512 g/mol. The zero-order chi connectivity index (χ0) is 26.6. The van der Waals surface area contributed by atoms with Gasteiger partial charge in [0, 0.05) is 21.5 Å². The van der Waals surface area contributed by atoms with Gasteiger partial charge in [-0.05, 0) is 94.0 Å². The van der Waals surface area contributed by atoms with Crippen LogP contribution in [0.4, 0.5) is 0 Å². The van der Waals surface area contributed by atoms with E-state index >= 15 is 0 Å². The first-order valence-corrected chi connectivity index (χ1v) is 13.2. The Morgan fingerprint density at radius 1 is 0.425 bits per heavy atom. The van der Waals surface area contributed by atoms with Crippen LogP contribution in [0.5, 0.6) is 0 Å². The summed E-state index contributed by atoms with van der Waals surface area (Å²) in [5, 5.41) is 14.0. The van der Waals surface area contributed by atoms with Gasteiger partial charge in [0.25, 0.3) is 0 Å². The first-order valence-electron chi connectivity index (χ1n) is 13.2. The smallest absolute Gasteiger partial charge is 0.136 e. The predicted octanol–water partition coefficient (Wildman–Crippen LogP) is 10.4. The molecule has 0 radical (unpaired) electrons. The Bertz CT molecular complexity index is 2290. The fraction of sp³-hybridized carbons (Fsp3) is 0. The molecule has 0 bridgehead atoms. The van der Waals surface area contributed by atoms with Crippen LogP contribution in [0, 0.1) is 11.3 Å². The molecule has 40 heavy (non-hydrogen) atoms. The molecule has 8 rings (SSSR count). The number of furan rings is 2. The quantitative estimate of drug-likeness (QED) is 0.237. The molecule has 0 N–H and O–H groups in total. The molecule has 0 fully saturated rings. The van der Waals surface area contributed by atoms with E-state index in [-0.39, 0.29) is 0 Å². The fourth-order valence-corrected chi connectivity index (χ4v) is 5.81. The molecule has 0 aliphatic rings.